The molecule has 0 aliphatic heterocycles. The van der Waals surface area contributed by atoms with Gasteiger partial charge in [-0.25, -0.2) is 0 Å². The first kappa shape index (κ1) is 9.88. The minimum atomic E-state index is -0.179. The number of hydrogen-bond donors (Lipinski definition) is 1. The van der Waals surface area contributed by atoms with Crippen LogP contribution in [0.4, 0.5) is 0 Å². The summed E-state index contributed by atoms with van der Waals surface area (Å²) in [5, 5.41) is 8.40. The Labute approximate surface area is 62.8 Å². The van der Waals surface area contributed by atoms with Crippen LogP contribution in [-0.4, -0.2) is 50.2 Å². The van der Waals surface area contributed by atoms with Gasteiger partial charge in [-0.05, 0) is 6.92 Å². The van der Waals surface area contributed by atoms with Crippen molar-refractivity contribution in [2.24, 2.45) is 0 Å². The zero-order chi connectivity index (χ0) is 8.20. The van der Waals surface area contributed by atoms with E-state index < -0.39 is 0 Å². The van der Waals surface area contributed by atoms with Gasteiger partial charge in [0.05, 0.1) is 21.1 Å². The summed E-state index contributed by atoms with van der Waals surface area (Å²) in [4.78, 5) is 0. The maximum atomic E-state index is 8.40. The normalized spacial score (nSPS) is 15.3. The van der Waals surface area contributed by atoms with Gasteiger partial charge in [-0.1, -0.05) is 0 Å². The number of ether oxygens (including phenoxy) is 1. The lowest BCUT2D eigenvalue weighted by molar-refractivity contribution is -0.873. The van der Waals surface area contributed by atoms with E-state index in [2.05, 4.69) is 21.1 Å². The first-order valence-electron chi connectivity index (χ1n) is 3.48. The minimum absolute atomic E-state index is 0.130. The molecule has 3 nitrogen and oxygen atoms in total. The number of hydrogen-bond acceptors (Lipinski definition) is 2. The van der Waals surface area contributed by atoms with E-state index in [0.29, 0.717) is 0 Å². The van der Waals surface area contributed by atoms with Crippen molar-refractivity contribution in [1.29, 1.82) is 0 Å². The third-order valence-corrected chi connectivity index (χ3v) is 1.16. The molecule has 0 saturated carbocycles. The second-order valence-electron chi connectivity index (χ2n) is 3.58. The summed E-state index contributed by atoms with van der Waals surface area (Å²) in [5.74, 6) is 0. The molecule has 1 unspecified atom stereocenters. The van der Waals surface area contributed by atoms with Gasteiger partial charge in [0.1, 0.15) is 19.4 Å². The third kappa shape index (κ3) is 6.01. The van der Waals surface area contributed by atoms with Crippen LogP contribution in [0.15, 0.2) is 0 Å². The topological polar surface area (TPSA) is 29.5 Å². The number of rotatable bonds is 4. The predicted molar refractivity (Wildman–Crippen MR) is 40.5 cm³/mol. The van der Waals surface area contributed by atoms with Crippen LogP contribution < -0.4 is 0 Å². The van der Waals surface area contributed by atoms with Crippen molar-refractivity contribution < 1.29 is 14.3 Å². The van der Waals surface area contributed by atoms with Gasteiger partial charge >= 0.3 is 0 Å². The summed E-state index contributed by atoms with van der Waals surface area (Å²) in [7, 11) is 6.28. The van der Waals surface area contributed by atoms with E-state index >= 15 is 0 Å². The molecule has 1 N–H and O–H groups in total. The van der Waals surface area contributed by atoms with Crippen molar-refractivity contribution >= 4 is 0 Å². The average molecular weight is 148 g/mol. The zero-order valence-corrected chi connectivity index (χ0v) is 7.29. The Balaban J connectivity index is 3.47. The molecule has 0 heterocycles. The van der Waals surface area contributed by atoms with Gasteiger partial charge < -0.3 is 14.3 Å². The van der Waals surface area contributed by atoms with Crippen LogP contribution in [0.3, 0.4) is 0 Å². The number of likely N-dealkylation sites (N-methyl/N-ethyl adjacent to an activating group) is 1. The molecule has 0 aliphatic rings. The molecule has 0 aromatic heterocycles. The Kier molecular flexibility index (Phi) is 3.86. The fourth-order valence-corrected chi connectivity index (χ4v) is 0.951. The molecule has 1 atom stereocenters. The van der Waals surface area contributed by atoms with Crippen molar-refractivity contribution in [3.05, 3.63) is 0 Å². The van der Waals surface area contributed by atoms with Gasteiger partial charge in [-0.3, -0.25) is 0 Å². The fraction of sp³-hybridized carbons (Fsp3) is 1.00. The van der Waals surface area contributed by atoms with Crippen LogP contribution in [0, 0.1) is 0 Å². The lowest BCUT2D eigenvalue weighted by Crippen LogP contribution is -2.41. The summed E-state index contributed by atoms with van der Waals surface area (Å²) in [6, 6.07) is 0. The highest BCUT2D eigenvalue weighted by Gasteiger charge is 2.12. The van der Waals surface area contributed by atoms with Crippen molar-refractivity contribution in [3.8, 4) is 0 Å². The molecule has 0 fully saturated rings. The standard InChI is InChI=1S/C7H18NO2/c1-7(10-6-9)5-8(2,3)4/h7,9H,5-6H2,1-4H3/q+1. The van der Waals surface area contributed by atoms with Crippen LogP contribution in [0.25, 0.3) is 0 Å². The van der Waals surface area contributed by atoms with E-state index in [1.54, 1.807) is 0 Å². The number of quaternary nitrogens is 1. The summed E-state index contributed by atoms with van der Waals surface area (Å²) >= 11 is 0. The van der Waals surface area contributed by atoms with Crippen LogP contribution >= 0.6 is 0 Å². The maximum absolute atomic E-state index is 8.40. The number of aliphatic hydroxyl groups excluding tert-OH is 1. The maximum Gasteiger partial charge on any atom is 0.144 e. The van der Waals surface area contributed by atoms with Gasteiger partial charge in [0.15, 0.2) is 0 Å². The molecular formula is C7H18NO2+. The molecular weight excluding hydrogens is 130 g/mol. The fourth-order valence-electron chi connectivity index (χ4n) is 0.951. The molecule has 0 aliphatic carbocycles. The molecule has 0 aromatic carbocycles. The lowest BCUT2D eigenvalue weighted by Gasteiger charge is -2.26. The molecule has 0 saturated heterocycles. The first-order valence-corrected chi connectivity index (χ1v) is 3.48. The second-order valence-corrected chi connectivity index (χ2v) is 3.58. The molecule has 0 spiro atoms. The quantitative estimate of drug-likeness (QED) is 0.451. The summed E-state index contributed by atoms with van der Waals surface area (Å²) in [5.41, 5.74) is 0. The van der Waals surface area contributed by atoms with Crippen LogP contribution in [0.1, 0.15) is 6.92 Å². The monoisotopic (exact) mass is 148 g/mol. The van der Waals surface area contributed by atoms with Crippen molar-refractivity contribution in [2.75, 3.05) is 34.5 Å². The van der Waals surface area contributed by atoms with E-state index in [1.165, 1.54) is 0 Å². The van der Waals surface area contributed by atoms with Crippen LogP contribution in [0.2, 0.25) is 0 Å². The van der Waals surface area contributed by atoms with E-state index in [9.17, 15) is 0 Å². The highest BCUT2D eigenvalue weighted by Crippen LogP contribution is 1.97. The smallest absolute Gasteiger partial charge is 0.144 e. The van der Waals surface area contributed by atoms with E-state index in [1.807, 2.05) is 6.92 Å². The SMILES string of the molecule is CC(C[N+](C)(C)C)OCO. The van der Waals surface area contributed by atoms with Gasteiger partial charge in [0.25, 0.3) is 0 Å². The zero-order valence-electron chi connectivity index (χ0n) is 7.29. The third-order valence-electron chi connectivity index (χ3n) is 1.16. The summed E-state index contributed by atoms with van der Waals surface area (Å²) in [6.07, 6.45) is 0.130. The molecule has 0 radical (unpaired) electrons. The number of nitrogens with zero attached hydrogens (tertiary/aromatic N) is 1. The Morgan fingerprint density at radius 2 is 1.90 bits per heavy atom. The van der Waals surface area contributed by atoms with Crippen LogP contribution in [0.5, 0.6) is 0 Å². The molecule has 0 rings (SSSR count). The lowest BCUT2D eigenvalue weighted by atomic mass is 10.3. The molecule has 0 bridgehead atoms. The van der Waals surface area contributed by atoms with Crippen molar-refractivity contribution in [2.45, 2.75) is 13.0 Å². The molecule has 3 heteroatoms. The molecule has 62 valence electrons. The largest absolute Gasteiger partial charge is 0.371 e. The molecule has 0 aromatic rings. The Bertz CT molecular complexity index is 88.1. The minimum Gasteiger partial charge on any atom is -0.371 e. The predicted octanol–water partition coefficient (Wildman–Crippen LogP) is 0.0475. The van der Waals surface area contributed by atoms with Crippen LogP contribution in [-0.2, 0) is 4.74 Å². The van der Waals surface area contributed by atoms with E-state index in [4.69, 9.17) is 9.84 Å². The second kappa shape index (κ2) is 3.91. The highest BCUT2D eigenvalue weighted by atomic mass is 16.6. The Morgan fingerprint density at radius 1 is 1.40 bits per heavy atom. The van der Waals surface area contributed by atoms with Gasteiger partial charge in [-0.2, -0.15) is 0 Å². The Morgan fingerprint density at radius 3 is 2.20 bits per heavy atom. The molecule has 0 amide bonds. The summed E-state index contributed by atoms with van der Waals surface area (Å²) in [6.45, 7) is 2.70. The van der Waals surface area contributed by atoms with Crippen molar-refractivity contribution in [3.63, 3.8) is 0 Å². The van der Waals surface area contributed by atoms with E-state index in [-0.39, 0.29) is 12.9 Å². The van der Waals surface area contributed by atoms with Gasteiger partial charge in [0, 0.05) is 0 Å². The van der Waals surface area contributed by atoms with Gasteiger partial charge in [0.2, 0.25) is 0 Å². The Hall–Kier alpha value is -0.120. The van der Waals surface area contributed by atoms with E-state index in [0.717, 1.165) is 11.0 Å². The average Bonchev–Trinajstić information content (AvgIpc) is 1.59. The van der Waals surface area contributed by atoms with Crippen molar-refractivity contribution in [1.82, 2.24) is 0 Å². The highest BCUT2D eigenvalue weighted by molar-refractivity contribution is 4.43. The summed E-state index contributed by atoms with van der Waals surface area (Å²) < 4.78 is 5.82. The number of aliphatic hydroxyl groups is 1. The molecule has 10 heavy (non-hydrogen) atoms. The first-order chi connectivity index (χ1) is 4.45. The van der Waals surface area contributed by atoms with Gasteiger partial charge in [-0.15, -0.1) is 0 Å².